The van der Waals surface area contributed by atoms with Crippen molar-refractivity contribution in [2.24, 2.45) is 5.92 Å². The van der Waals surface area contributed by atoms with Crippen LogP contribution in [0.25, 0.3) is 0 Å². The minimum Gasteiger partial charge on any atom is -0.394 e. The number of aliphatic hydroxyl groups is 1. The molecule has 2 N–H and O–H groups in total. The molecule has 0 saturated heterocycles. The zero-order valence-corrected chi connectivity index (χ0v) is 12.9. The van der Waals surface area contributed by atoms with Gasteiger partial charge in [0.1, 0.15) is 0 Å². The molecule has 0 radical (unpaired) electrons. The molecule has 1 aromatic rings. The molecule has 1 aromatic carbocycles. The zero-order chi connectivity index (χ0) is 14.8. The first-order valence-electron chi connectivity index (χ1n) is 7.08. The lowest BCUT2D eigenvalue weighted by molar-refractivity contribution is 0.120. The molecule has 0 amide bonds. The summed E-state index contributed by atoms with van der Waals surface area (Å²) in [6.07, 6.45) is 3.42. The second-order valence-corrected chi connectivity index (χ2v) is 7.74. The van der Waals surface area contributed by atoms with Gasteiger partial charge in [-0.05, 0) is 37.8 Å². The number of hydrogen-bond donors (Lipinski definition) is 2. The third-order valence-electron chi connectivity index (χ3n) is 4.08. The fraction of sp³-hybridized carbons (Fsp3) is 0.600. The van der Waals surface area contributed by atoms with E-state index < -0.39 is 15.6 Å². The number of aryl methyl sites for hydroxylation is 1. The van der Waals surface area contributed by atoms with Gasteiger partial charge in [0.15, 0.2) is 0 Å². The van der Waals surface area contributed by atoms with Crippen molar-refractivity contribution in [1.29, 1.82) is 0 Å². The predicted octanol–water partition coefficient (Wildman–Crippen LogP) is 2.21. The minimum atomic E-state index is -3.58. The van der Waals surface area contributed by atoms with Gasteiger partial charge in [-0.2, -0.15) is 0 Å². The number of nitrogens with one attached hydrogen (secondary N) is 1. The molecule has 2 unspecified atom stereocenters. The van der Waals surface area contributed by atoms with Crippen LogP contribution in [-0.4, -0.2) is 25.7 Å². The molecular weight excluding hydrogens is 274 g/mol. The van der Waals surface area contributed by atoms with E-state index in [9.17, 15) is 13.5 Å². The van der Waals surface area contributed by atoms with Crippen LogP contribution in [0.3, 0.4) is 0 Å². The molecule has 20 heavy (non-hydrogen) atoms. The average Bonchev–Trinajstić information content (AvgIpc) is 2.38. The van der Waals surface area contributed by atoms with E-state index in [0.29, 0.717) is 18.8 Å². The van der Waals surface area contributed by atoms with Crippen molar-refractivity contribution in [3.63, 3.8) is 0 Å². The first-order chi connectivity index (χ1) is 9.37. The SMILES string of the molecule is Cc1ccc(S(=O)(=O)NC2(CO)CCCC(C)C2)cc1. The molecule has 1 aliphatic rings. The third-order valence-corrected chi connectivity index (χ3v) is 5.67. The Morgan fingerprint density at radius 2 is 2.00 bits per heavy atom. The molecule has 1 saturated carbocycles. The highest BCUT2D eigenvalue weighted by atomic mass is 32.2. The molecule has 112 valence electrons. The Morgan fingerprint density at radius 3 is 2.55 bits per heavy atom. The number of rotatable bonds is 4. The van der Waals surface area contributed by atoms with Gasteiger partial charge in [0, 0.05) is 0 Å². The third kappa shape index (κ3) is 3.40. The second kappa shape index (κ2) is 5.84. The van der Waals surface area contributed by atoms with Crippen molar-refractivity contribution in [2.75, 3.05) is 6.61 Å². The highest BCUT2D eigenvalue weighted by Gasteiger charge is 2.38. The van der Waals surface area contributed by atoms with Crippen LogP contribution in [0.1, 0.15) is 38.2 Å². The van der Waals surface area contributed by atoms with Crippen molar-refractivity contribution >= 4 is 10.0 Å². The van der Waals surface area contributed by atoms with Crippen molar-refractivity contribution in [1.82, 2.24) is 4.72 Å². The summed E-state index contributed by atoms with van der Waals surface area (Å²) < 4.78 is 27.7. The Labute approximate surface area is 121 Å². The van der Waals surface area contributed by atoms with Crippen LogP contribution in [0.4, 0.5) is 0 Å². The molecule has 0 heterocycles. The Hall–Kier alpha value is -0.910. The molecule has 2 atom stereocenters. The van der Waals surface area contributed by atoms with E-state index >= 15 is 0 Å². The summed E-state index contributed by atoms with van der Waals surface area (Å²) >= 11 is 0. The summed E-state index contributed by atoms with van der Waals surface area (Å²) in [5.74, 6) is 0.427. The molecule has 0 aliphatic heterocycles. The van der Waals surface area contributed by atoms with Crippen molar-refractivity contribution in [2.45, 2.75) is 50.0 Å². The van der Waals surface area contributed by atoms with Crippen molar-refractivity contribution in [3.05, 3.63) is 29.8 Å². The highest BCUT2D eigenvalue weighted by Crippen LogP contribution is 2.33. The van der Waals surface area contributed by atoms with Gasteiger partial charge in [0.25, 0.3) is 0 Å². The normalized spacial score (nSPS) is 27.4. The monoisotopic (exact) mass is 297 g/mol. The van der Waals surface area contributed by atoms with E-state index in [1.807, 2.05) is 6.92 Å². The Balaban J connectivity index is 2.23. The molecular formula is C15H23NO3S. The summed E-state index contributed by atoms with van der Waals surface area (Å²) in [4.78, 5) is 0.258. The number of sulfonamides is 1. The van der Waals surface area contributed by atoms with E-state index in [1.165, 1.54) is 0 Å². The lowest BCUT2D eigenvalue weighted by atomic mass is 9.78. The molecule has 0 aromatic heterocycles. The van der Waals surface area contributed by atoms with Crippen molar-refractivity contribution < 1.29 is 13.5 Å². The van der Waals surface area contributed by atoms with Crippen LogP contribution >= 0.6 is 0 Å². The topological polar surface area (TPSA) is 66.4 Å². The Bertz CT molecular complexity index is 553. The maximum atomic E-state index is 12.5. The van der Waals surface area contributed by atoms with Gasteiger partial charge in [-0.1, -0.05) is 37.5 Å². The number of aliphatic hydroxyl groups excluding tert-OH is 1. The fourth-order valence-corrected chi connectivity index (χ4v) is 4.42. The second-order valence-electron chi connectivity index (χ2n) is 6.06. The van der Waals surface area contributed by atoms with Crippen LogP contribution < -0.4 is 4.72 Å². The smallest absolute Gasteiger partial charge is 0.241 e. The van der Waals surface area contributed by atoms with Crippen LogP contribution in [-0.2, 0) is 10.0 Å². The van der Waals surface area contributed by atoms with E-state index in [-0.39, 0.29) is 11.5 Å². The lowest BCUT2D eigenvalue weighted by Gasteiger charge is -2.39. The van der Waals surface area contributed by atoms with Crippen molar-refractivity contribution in [3.8, 4) is 0 Å². The summed E-state index contributed by atoms with van der Waals surface area (Å²) in [5.41, 5.74) is 0.314. The largest absolute Gasteiger partial charge is 0.394 e. The van der Waals surface area contributed by atoms with Gasteiger partial charge in [0.2, 0.25) is 10.0 Å². The first-order valence-corrected chi connectivity index (χ1v) is 8.57. The van der Waals surface area contributed by atoms with E-state index in [4.69, 9.17) is 0 Å². The number of hydrogen-bond acceptors (Lipinski definition) is 3. The minimum absolute atomic E-state index is 0.150. The Morgan fingerprint density at radius 1 is 1.35 bits per heavy atom. The zero-order valence-electron chi connectivity index (χ0n) is 12.1. The summed E-state index contributed by atoms with van der Waals surface area (Å²) in [6.45, 7) is 3.87. The van der Waals surface area contributed by atoms with Gasteiger partial charge >= 0.3 is 0 Å². The highest BCUT2D eigenvalue weighted by molar-refractivity contribution is 7.89. The average molecular weight is 297 g/mol. The van der Waals surface area contributed by atoms with E-state index in [2.05, 4.69) is 11.6 Å². The molecule has 2 rings (SSSR count). The standard InChI is InChI=1S/C15H23NO3S/c1-12-5-7-14(8-6-12)20(18,19)16-15(11-17)9-3-4-13(2)10-15/h5-8,13,16-17H,3-4,9-11H2,1-2H3. The number of benzene rings is 1. The summed E-state index contributed by atoms with van der Waals surface area (Å²) in [5, 5.41) is 9.69. The quantitative estimate of drug-likeness (QED) is 0.895. The fourth-order valence-electron chi connectivity index (χ4n) is 2.99. The molecule has 0 bridgehead atoms. The predicted molar refractivity (Wildman–Crippen MR) is 78.9 cm³/mol. The molecule has 1 aliphatic carbocycles. The van der Waals surface area contributed by atoms with Crippen LogP contribution in [0, 0.1) is 12.8 Å². The first kappa shape index (κ1) is 15.5. The van der Waals surface area contributed by atoms with E-state index in [1.54, 1.807) is 24.3 Å². The lowest BCUT2D eigenvalue weighted by Crippen LogP contribution is -2.53. The van der Waals surface area contributed by atoms with Crippen LogP contribution in [0.5, 0.6) is 0 Å². The maximum Gasteiger partial charge on any atom is 0.241 e. The Kier molecular flexibility index (Phi) is 4.52. The van der Waals surface area contributed by atoms with Crippen LogP contribution in [0.2, 0.25) is 0 Å². The maximum absolute atomic E-state index is 12.5. The molecule has 1 fully saturated rings. The van der Waals surface area contributed by atoms with Gasteiger partial charge in [-0.25, -0.2) is 13.1 Å². The van der Waals surface area contributed by atoms with Gasteiger partial charge in [-0.15, -0.1) is 0 Å². The molecule has 4 nitrogen and oxygen atoms in total. The van der Waals surface area contributed by atoms with Gasteiger partial charge < -0.3 is 5.11 Å². The van der Waals surface area contributed by atoms with Crippen LogP contribution in [0.15, 0.2) is 29.2 Å². The van der Waals surface area contributed by atoms with Gasteiger partial charge in [-0.3, -0.25) is 0 Å². The van der Waals surface area contributed by atoms with Gasteiger partial charge in [0.05, 0.1) is 17.0 Å². The summed E-state index contributed by atoms with van der Waals surface area (Å²) in [7, 11) is -3.58. The molecule has 5 heteroatoms. The summed E-state index contributed by atoms with van der Waals surface area (Å²) in [6, 6.07) is 6.78. The van der Waals surface area contributed by atoms with E-state index in [0.717, 1.165) is 18.4 Å². The molecule has 0 spiro atoms.